The van der Waals surface area contributed by atoms with Gasteiger partial charge < -0.3 is 19.6 Å². The van der Waals surface area contributed by atoms with Crippen LogP contribution < -0.4 is 10.1 Å². The fourth-order valence-electron chi connectivity index (χ4n) is 3.20. The molecule has 2 N–H and O–H groups in total. The predicted octanol–water partition coefficient (Wildman–Crippen LogP) is 2.99. The summed E-state index contributed by atoms with van der Waals surface area (Å²) in [5.74, 6) is 2.98. The predicted molar refractivity (Wildman–Crippen MR) is 85.0 cm³/mol. The lowest BCUT2D eigenvalue weighted by Gasteiger charge is -2.26. The van der Waals surface area contributed by atoms with Crippen molar-refractivity contribution in [1.82, 2.24) is 5.32 Å². The highest BCUT2D eigenvalue weighted by atomic mass is 16.5. The summed E-state index contributed by atoms with van der Waals surface area (Å²) < 4.78 is 10.8. The molecule has 0 aliphatic heterocycles. The lowest BCUT2D eigenvalue weighted by molar-refractivity contribution is 0.242. The van der Waals surface area contributed by atoms with E-state index in [0.29, 0.717) is 18.2 Å². The van der Waals surface area contributed by atoms with Crippen LogP contribution >= 0.6 is 0 Å². The molecular weight excluding hydrogens is 278 g/mol. The third kappa shape index (κ3) is 3.34. The maximum absolute atomic E-state index is 9.01. The number of methoxy groups -OCH3 is 1. The minimum atomic E-state index is -0.0438. The Bertz CT molecular complexity index is 621. The molecule has 1 heterocycles. The van der Waals surface area contributed by atoms with Gasteiger partial charge in [-0.25, -0.2) is 0 Å². The van der Waals surface area contributed by atoms with Crippen molar-refractivity contribution in [3.63, 3.8) is 0 Å². The van der Waals surface area contributed by atoms with E-state index in [-0.39, 0.29) is 6.61 Å². The second-order valence-electron chi connectivity index (χ2n) is 5.81. The second-order valence-corrected chi connectivity index (χ2v) is 5.81. The Hall–Kier alpha value is -1.78. The molecule has 1 atom stereocenters. The van der Waals surface area contributed by atoms with E-state index < -0.39 is 0 Å². The van der Waals surface area contributed by atoms with Crippen LogP contribution in [0.15, 0.2) is 34.7 Å². The third-order valence-electron chi connectivity index (χ3n) is 4.35. The normalized spacial score (nSPS) is 17.3. The molecule has 3 rings (SSSR count). The summed E-state index contributed by atoms with van der Waals surface area (Å²) in [5, 5.41) is 12.5. The maximum atomic E-state index is 9.01. The van der Waals surface area contributed by atoms with Gasteiger partial charge in [-0.05, 0) is 60.6 Å². The molecular formula is C18H23NO3. The van der Waals surface area contributed by atoms with E-state index in [2.05, 4.69) is 23.5 Å². The minimum absolute atomic E-state index is 0.0438. The Balaban J connectivity index is 1.60. The van der Waals surface area contributed by atoms with Crippen LogP contribution in [0.2, 0.25) is 0 Å². The van der Waals surface area contributed by atoms with Crippen LogP contribution in [0.3, 0.4) is 0 Å². The Morgan fingerprint density at radius 2 is 2.14 bits per heavy atom. The topological polar surface area (TPSA) is 54.6 Å². The Morgan fingerprint density at radius 3 is 2.91 bits per heavy atom. The van der Waals surface area contributed by atoms with Crippen molar-refractivity contribution in [2.75, 3.05) is 13.7 Å². The monoisotopic (exact) mass is 301 g/mol. The highest BCUT2D eigenvalue weighted by molar-refractivity contribution is 5.39. The molecule has 1 aliphatic carbocycles. The molecule has 1 aromatic carbocycles. The zero-order valence-electron chi connectivity index (χ0n) is 13.0. The van der Waals surface area contributed by atoms with E-state index in [9.17, 15) is 0 Å². The average molecular weight is 301 g/mol. The van der Waals surface area contributed by atoms with Gasteiger partial charge in [0, 0.05) is 6.54 Å². The number of aliphatic hydroxyl groups excluding tert-OH is 1. The number of nitrogens with one attached hydrogen (secondary N) is 1. The summed E-state index contributed by atoms with van der Waals surface area (Å²) in [6.07, 6.45) is 3.58. The number of hydrogen-bond donors (Lipinski definition) is 2. The van der Waals surface area contributed by atoms with Gasteiger partial charge in [0.05, 0.1) is 13.7 Å². The van der Waals surface area contributed by atoms with Gasteiger partial charge in [0.15, 0.2) is 0 Å². The van der Waals surface area contributed by atoms with Crippen molar-refractivity contribution in [3.05, 3.63) is 53.0 Å². The van der Waals surface area contributed by atoms with Crippen LogP contribution in [0, 0.1) is 0 Å². The number of hydrogen-bond acceptors (Lipinski definition) is 4. The molecule has 0 saturated heterocycles. The molecule has 2 aromatic rings. The number of benzene rings is 1. The second kappa shape index (κ2) is 6.99. The van der Waals surface area contributed by atoms with Gasteiger partial charge in [0.1, 0.15) is 23.9 Å². The number of aryl methyl sites for hydroxylation is 1. The fourth-order valence-corrected chi connectivity index (χ4v) is 3.20. The molecule has 4 nitrogen and oxygen atoms in total. The number of furan rings is 1. The number of ether oxygens (including phenoxy) is 1. The van der Waals surface area contributed by atoms with Crippen molar-refractivity contribution in [3.8, 4) is 5.75 Å². The molecule has 22 heavy (non-hydrogen) atoms. The molecule has 0 bridgehead atoms. The van der Waals surface area contributed by atoms with Crippen LogP contribution in [0.25, 0.3) is 0 Å². The quantitative estimate of drug-likeness (QED) is 0.861. The van der Waals surface area contributed by atoms with Gasteiger partial charge in [-0.2, -0.15) is 0 Å². The van der Waals surface area contributed by atoms with Gasteiger partial charge in [0.25, 0.3) is 0 Å². The third-order valence-corrected chi connectivity index (χ3v) is 4.35. The van der Waals surface area contributed by atoms with E-state index in [1.54, 1.807) is 7.11 Å². The first-order chi connectivity index (χ1) is 10.8. The number of aliphatic hydroxyl groups is 1. The molecule has 1 aliphatic rings. The lowest BCUT2D eigenvalue weighted by Crippen LogP contribution is -2.24. The van der Waals surface area contributed by atoms with Crippen molar-refractivity contribution >= 4 is 0 Å². The Kier molecular flexibility index (Phi) is 4.80. The molecule has 0 unspecified atom stereocenters. The van der Waals surface area contributed by atoms with Crippen LogP contribution in [-0.4, -0.2) is 18.8 Å². The highest BCUT2D eigenvalue weighted by Gasteiger charge is 2.20. The molecule has 1 aromatic heterocycles. The molecule has 4 heteroatoms. The minimum Gasteiger partial charge on any atom is -0.497 e. The summed E-state index contributed by atoms with van der Waals surface area (Å²) in [4.78, 5) is 0. The van der Waals surface area contributed by atoms with Crippen LogP contribution in [0.5, 0.6) is 5.75 Å². The fraction of sp³-hybridized carbons (Fsp3) is 0.444. The van der Waals surface area contributed by atoms with Crippen molar-refractivity contribution < 1.29 is 14.3 Å². The van der Waals surface area contributed by atoms with Gasteiger partial charge in [-0.1, -0.05) is 6.07 Å². The molecule has 0 amide bonds. The molecule has 118 valence electrons. The maximum Gasteiger partial charge on any atom is 0.129 e. The van der Waals surface area contributed by atoms with E-state index >= 15 is 0 Å². The first-order valence-corrected chi connectivity index (χ1v) is 7.86. The van der Waals surface area contributed by atoms with E-state index in [1.807, 2.05) is 12.1 Å². The average Bonchev–Trinajstić information content (AvgIpc) is 3.02. The van der Waals surface area contributed by atoms with E-state index in [4.69, 9.17) is 14.3 Å². The van der Waals surface area contributed by atoms with Crippen molar-refractivity contribution in [2.24, 2.45) is 0 Å². The van der Waals surface area contributed by atoms with Crippen LogP contribution in [-0.2, 0) is 19.6 Å². The first-order valence-electron chi connectivity index (χ1n) is 7.86. The smallest absolute Gasteiger partial charge is 0.129 e. The molecule has 0 saturated carbocycles. The lowest BCUT2D eigenvalue weighted by atomic mass is 9.82. The van der Waals surface area contributed by atoms with Gasteiger partial charge in [-0.15, -0.1) is 0 Å². The number of rotatable bonds is 6. The summed E-state index contributed by atoms with van der Waals surface area (Å²) in [6.45, 7) is 1.59. The summed E-state index contributed by atoms with van der Waals surface area (Å²) >= 11 is 0. The van der Waals surface area contributed by atoms with Crippen molar-refractivity contribution in [1.29, 1.82) is 0 Å². The van der Waals surface area contributed by atoms with Gasteiger partial charge >= 0.3 is 0 Å². The summed E-state index contributed by atoms with van der Waals surface area (Å²) in [7, 11) is 1.72. The van der Waals surface area contributed by atoms with Crippen LogP contribution in [0.4, 0.5) is 0 Å². The Morgan fingerprint density at radius 1 is 1.27 bits per heavy atom. The highest BCUT2D eigenvalue weighted by Crippen LogP contribution is 2.33. The zero-order valence-corrected chi connectivity index (χ0v) is 13.0. The molecule has 0 spiro atoms. The zero-order chi connectivity index (χ0) is 15.4. The first kappa shape index (κ1) is 15.1. The summed E-state index contributed by atoms with van der Waals surface area (Å²) in [6, 6.07) is 10.2. The summed E-state index contributed by atoms with van der Waals surface area (Å²) in [5.41, 5.74) is 2.85. The Labute approximate surface area is 131 Å². The van der Waals surface area contributed by atoms with Gasteiger partial charge in [-0.3, -0.25) is 0 Å². The molecule has 0 fully saturated rings. The number of fused-ring (bicyclic) bond motifs is 1. The van der Waals surface area contributed by atoms with Gasteiger partial charge in [0.2, 0.25) is 0 Å². The van der Waals surface area contributed by atoms with Crippen LogP contribution in [0.1, 0.15) is 41.4 Å². The largest absolute Gasteiger partial charge is 0.497 e. The van der Waals surface area contributed by atoms with E-state index in [1.165, 1.54) is 24.0 Å². The standard InChI is InChI=1S/C18H23NO3/c1-21-15-7-8-18-13(9-15)3-2-4-14(18)10-19-11-16-5-6-17(12-20)22-16/h5-9,14,19-20H,2-4,10-12H2,1H3/t14-/m1/s1. The SMILES string of the molecule is COc1ccc2c(c1)CCC[C@@H]2CNCc1ccc(CO)o1. The molecule has 0 radical (unpaired) electrons. The van der Waals surface area contributed by atoms with E-state index in [0.717, 1.165) is 24.5 Å². The van der Waals surface area contributed by atoms with Crippen molar-refractivity contribution in [2.45, 2.75) is 38.3 Å².